The third kappa shape index (κ3) is 3.65. The zero-order chi connectivity index (χ0) is 13.9. The van der Waals surface area contributed by atoms with Crippen LogP contribution in [0, 0.1) is 0 Å². The molecule has 1 aliphatic rings. The number of rotatable bonds is 4. The molecule has 1 aliphatic heterocycles. The van der Waals surface area contributed by atoms with Gasteiger partial charge in [-0.2, -0.15) is 4.31 Å². The second-order valence-corrected chi connectivity index (χ2v) is 6.50. The second-order valence-electron chi connectivity index (χ2n) is 4.42. The Morgan fingerprint density at radius 2 is 2.00 bits per heavy atom. The number of nitrogens with zero attached hydrogens (tertiary/aromatic N) is 1. The van der Waals surface area contributed by atoms with Gasteiger partial charge in [0, 0.05) is 19.2 Å². The van der Waals surface area contributed by atoms with Crippen LogP contribution in [0.15, 0.2) is 30.3 Å². The van der Waals surface area contributed by atoms with Crippen LogP contribution in [0.5, 0.6) is 0 Å². The Bertz CT molecular complexity index is 590. The van der Waals surface area contributed by atoms with E-state index in [4.69, 9.17) is 5.11 Å². The second kappa shape index (κ2) is 5.54. The summed E-state index contributed by atoms with van der Waals surface area (Å²) in [4.78, 5) is 10.4. The van der Waals surface area contributed by atoms with E-state index in [2.05, 4.69) is 0 Å². The Hall–Kier alpha value is -1.66. The monoisotopic (exact) mass is 281 g/mol. The van der Waals surface area contributed by atoms with Crippen LogP contribution >= 0.6 is 0 Å². The molecule has 0 bridgehead atoms. The predicted molar refractivity (Wildman–Crippen MR) is 71.9 cm³/mol. The first-order chi connectivity index (χ1) is 8.97. The van der Waals surface area contributed by atoms with Crippen LogP contribution in [0.4, 0.5) is 0 Å². The molecule has 0 amide bonds. The lowest BCUT2D eigenvalue weighted by Gasteiger charge is -2.14. The van der Waals surface area contributed by atoms with Gasteiger partial charge in [-0.3, -0.25) is 0 Å². The third-order valence-electron chi connectivity index (χ3n) is 2.96. The molecule has 102 valence electrons. The molecule has 5 nitrogen and oxygen atoms in total. The molecule has 0 spiro atoms. The van der Waals surface area contributed by atoms with E-state index in [-0.39, 0.29) is 5.75 Å². The zero-order valence-electron chi connectivity index (χ0n) is 10.3. The summed E-state index contributed by atoms with van der Waals surface area (Å²) in [5, 5.41) is 8.52. The van der Waals surface area contributed by atoms with E-state index in [9.17, 15) is 13.2 Å². The number of carboxylic acids is 1. The molecule has 1 fully saturated rings. The number of sulfonamides is 1. The highest BCUT2D eigenvalue weighted by atomic mass is 32.2. The van der Waals surface area contributed by atoms with Gasteiger partial charge < -0.3 is 5.11 Å². The Morgan fingerprint density at radius 3 is 2.53 bits per heavy atom. The van der Waals surface area contributed by atoms with Gasteiger partial charge in [-0.1, -0.05) is 24.3 Å². The van der Waals surface area contributed by atoms with Crippen LogP contribution in [0.25, 0.3) is 6.08 Å². The SMILES string of the molecule is O=C(O)/C=C/c1ccc(CN2CCCS2(=O)=O)cc1. The van der Waals surface area contributed by atoms with Crippen LogP contribution in [0.1, 0.15) is 17.5 Å². The lowest BCUT2D eigenvalue weighted by molar-refractivity contribution is -0.131. The topological polar surface area (TPSA) is 74.7 Å². The molecule has 1 aromatic carbocycles. The highest BCUT2D eigenvalue weighted by Gasteiger charge is 2.27. The minimum Gasteiger partial charge on any atom is -0.478 e. The number of hydrogen-bond donors (Lipinski definition) is 1. The van der Waals surface area contributed by atoms with Crippen molar-refractivity contribution in [3.63, 3.8) is 0 Å². The van der Waals surface area contributed by atoms with Gasteiger partial charge in [0.2, 0.25) is 10.0 Å². The molecule has 0 unspecified atom stereocenters. The maximum atomic E-state index is 11.7. The quantitative estimate of drug-likeness (QED) is 0.845. The van der Waals surface area contributed by atoms with Gasteiger partial charge >= 0.3 is 5.97 Å². The normalized spacial score (nSPS) is 18.9. The van der Waals surface area contributed by atoms with Crippen molar-refractivity contribution in [1.29, 1.82) is 0 Å². The number of carboxylic acid groups (broad SMARTS) is 1. The van der Waals surface area contributed by atoms with E-state index in [0.29, 0.717) is 19.5 Å². The first kappa shape index (κ1) is 13.8. The van der Waals surface area contributed by atoms with Crippen LogP contribution in [0.2, 0.25) is 0 Å². The van der Waals surface area contributed by atoms with Gasteiger partial charge in [-0.05, 0) is 23.6 Å². The van der Waals surface area contributed by atoms with Crippen molar-refractivity contribution in [3.05, 3.63) is 41.5 Å². The highest BCUT2D eigenvalue weighted by molar-refractivity contribution is 7.89. The predicted octanol–water partition coefficient (Wildman–Crippen LogP) is 1.32. The number of aliphatic carboxylic acids is 1. The molecular formula is C13H15NO4S. The summed E-state index contributed by atoms with van der Waals surface area (Å²) in [6.45, 7) is 0.953. The lowest BCUT2D eigenvalue weighted by Crippen LogP contribution is -2.25. The average molecular weight is 281 g/mol. The molecule has 1 heterocycles. The molecule has 0 saturated carbocycles. The molecule has 1 aromatic rings. The fraction of sp³-hybridized carbons (Fsp3) is 0.308. The summed E-state index contributed by atoms with van der Waals surface area (Å²) < 4.78 is 24.8. The first-order valence-corrected chi connectivity index (χ1v) is 7.56. The van der Waals surface area contributed by atoms with E-state index < -0.39 is 16.0 Å². The summed E-state index contributed by atoms with van der Waals surface area (Å²) in [6.07, 6.45) is 3.25. The average Bonchev–Trinajstić information content (AvgIpc) is 2.68. The van der Waals surface area contributed by atoms with E-state index >= 15 is 0 Å². The van der Waals surface area contributed by atoms with Crippen LogP contribution in [-0.4, -0.2) is 36.1 Å². The molecule has 6 heteroatoms. The summed E-state index contributed by atoms with van der Waals surface area (Å²) in [7, 11) is -3.08. The Morgan fingerprint density at radius 1 is 1.32 bits per heavy atom. The van der Waals surface area contributed by atoms with Crippen molar-refractivity contribution in [2.75, 3.05) is 12.3 Å². The minimum atomic E-state index is -3.08. The van der Waals surface area contributed by atoms with Gasteiger partial charge in [0.25, 0.3) is 0 Å². The highest BCUT2D eigenvalue weighted by Crippen LogP contribution is 2.17. The lowest BCUT2D eigenvalue weighted by atomic mass is 10.1. The molecule has 2 rings (SSSR count). The summed E-state index contributed by atoms with van der Waals surface area (Å²) in [5.41, 5.74) is 1.67. The van der Waals surface area contributed by atoms with Crippen LogP contribution < -0.4 is 0 Å². The molecule has 1 saturated heterocycles. The van der Waals surface area contributed by atoms with Crippen molar-refractivity contribution in [2.24, 2.45) is 0 Å². The molecule has 0 radical (unpaired) electrons. The molecule has 0 atom stereocenters. The standard InChI is InChI=1S/C13H15NO4S/c15-13(16)7-6-11-2-4-12(5-3-11)10-14-8-1-9-19(14,17)18/h2-7H,1,8-10H2,(H,15,16)/b7-6+. The summed E-state index contributed by atoms with van der Waals surface area (Å²) in [6, 6.07) is 7.18. The fourth-order valence-electron chi connectivity index (χ4n) is 1.97. The van der Waals surface area contributed by atoms with Gasteiger partial charge in [0.15, 0.2) is 0 Å². The summed E-state index contributed by atoms with van der Waals surface area (Å²) >= 11 is 0. The third-order valence-corrected chi connectivity index (χ3v) is 4.86. The van der Waals surface area contributed by atoms with E-state index in [1.165, 1.54) is 10.4 Å². The minimum absolute atomic E-state index is 0.229. The molecular weight excluding hydrogens is 266 g/mol. The van der Waals surface area contributed by atoms with Gasteiger partial charge in [-0.15, -0.1) is 0 Å². The molecule has 19 heavy (non-hydrogen) atoms. The largest absolute Gasteiger partial charge is 0.478 e. The van der Waals surface area contributed by atoms with E-state index in [0.717, 1.165) is 17.2 Å². The summed E-state index contributed by atoms with van der Waals surface area (Å²) in [5.74, 6) is -0.765. The first-order valence-electron chi connectivity index (χ1n) is 5.95. The number of benzene rings is 1. The molecule has 1 N–H and O–H groups in total. The van der Waals surface area contributed by atoms with Crippen LogP contribution in [-0.2, 0) is 21.4 Å². The van der Waals surface area contributed by atoms with Gasteiger partial charge in [0.05, 0.1) is 5.75 Å². The van der Waals surface area contributed by atoms with Crippen LogP contribution in [0.3, 0.4) is 0 Å². The van der Waals surface area contributed by atoms with Crippen molar-refractivity contribution in [2.45, 2.75) is 13.0 Å². The van der Waals surface area contributed by atoms with Gasteiger partial charge in [0.1, 0.15) is 0 Å². The zero-order valence-corrected chi connectivity index (χ0v) is 11.1. The van der Waals surface area contributed by atoms with Crippen molar-refractivity contribution >= 4 is 22.1 Å². The maximum Gasteiger partial charge on any atom is 0.328 e. The molecule has 0 aliphatic carbocycles. The van der Waals surface area contributed by atoms with Crippen molar-refractivity contribution in [3.8, 4) is 0 Å². The van der Waals surface area contributed by atoms with E-state index in [1.807, 2.05) is 12.1 Å². The Kier molecular flexibility index (Phi) is 4.01. The number of carbonyl (C=O) groups is 1. The van der Waals surface area contributed by atoms with Crippen molar-refractivity contribution < 1.29 is 18.3 Å². The molecule has 0 aromatic heterocycles. The fourth-order valence-corrected chi connectivity index (χ4v) is 3.48. The Labute approximate surface area is 112 Å². The van der Waals surface area contributed by atoms with Crippen molar-refractivity contribution in [1.82, 2.24) is 4.31 Å². The Balaban J connectivity index is 2.05. The maximum absolute atomic E-state index is 11.7. The van der Waals surface area contributed by atoms with Gasteiger partial charge in [-0.25, -0.2) is 13.2 Å². The number of hydrogen-bond acceptors (Lipinski definition) is 3. The smallest absolute Gasteiger partial charge is 0.328 e. The van der Waals surface area contributed by atoms with E-state index in [1.54, 1.807) is 12.1 Å².